The number of aryl methyl sites for hydroxylation is 1. The number of imidazole rings is 1. The molecule has 0 spiro atoms. The Labute approximate surface area is 149 Å². The van der Waals surface area contributed by atoms with Gasteiger partial charge in [-0.3, -0.25) is 4.79 Å². The highest BCUT2D eigenvalue weighted by molar-refractivity contribution is 5.93. The summed E-state index contributed by atoms with van der Waals surface area (Å²) in [6, 6.07) is 7.91. The van der Waals surface area contributed by atoms with E-state index in [1.165, 1.54) is 0 Å². The van der Waals surface area contributed by atoms with Gasteiger partial charge in [-0.1, -0.05) is 26.0 Å². The number of carbonyl (C=O) groups excluding carboxylic acids is 1. The molecule has 1 aliphatic rings. The minimum atomic E-state index is -0.461. The van der Waals surface area contributed by atoms with Crippen LogP contribution in [0.3, 0.4) is 0 Å². The number of aromatic nitrogens is 2. The lowest BCUT2D eigenvalue weighted by atomic mass is 9.86. The quantitative estimate of drug-likeness (QED) is 0.810. The molecule has 3 rings (SSSR count). The van der Waals surface area contributed by atoms with Gasteiger partial charge in [-0.05, 0) is 36.5 Å². The molecule has 0 bridgehead atoms. The summed E-state index contributed by atoms with van der Waals surface area (Å²) in [4.78, 5) is 19.6. The van der Waals surface area contributed by atoms with Gasteiger partial charge < -0.3 is 14.2 Å². The van der Waals surface area contributed by atoms with E-state index >= 15 is 0 Å². The van der Waals surface area contributed by atoms with Gasteiger partial charge in [0.15, 0.2) is 0 Å². The van der Waals surface area contributed by atoms with Gasteiger partial charge >= 0.3 is 0 Å². The van der Waals surface area contributed by atoms with E-state index in [2.05, 4.69) is 30.3 Å². The zero-order chi connectivity index (χ0) is 18.2. The molecule has 2 aromatic rings. The third kappa shape index (κ3) is 2.81. The highest BCUT2D eigenvalue weighted by Crippen LogP contribution is 2.65. The van der Waals surface area contributed by atoms with E-state index in [0.29, 0.717) is 6.54 Å². The first kappa shape index (κ1) is 17.5. The molecule has 1 heterocycles. The number of benzene rings is 1. The van der Waals surface area contributed by atoms with Gasteiger partial charge in [-0.15, -0.1) is 0 Å². The summed E-state index contributed by atoms with van der Waals surface area (Å²) in [5.74, 6) is 1.89. The number of carbonyl (C=O) groups is 1. The van der Waals surface area contributed by atoms with Crippen molar-refractivity contribution in [2.24, 2.45) is 5.41 Å². The second-order valence-corrected chi connectivity index (χ2v) is 7.49. The van der Waals surface area contributed by atoms with Crippen molar-refractivity contribution in [2.45, 2.75) is 45.7 Å². The largest absolute Gasteiger partial charge is 0.497 e. The van der Waals surface area contributed by atoms with Crippen molar-refractivity contribution in [1.29, 1.82) is 0 Å². The number of nitrogens with zero attached hydrogens (tertiary/aromatic N) is 3. The molecule has 0 unspecified atom stereocenters. The molecule has 1 aromatic heterocycles. The summed E-state index contributed by atoms with van der Waals surface area (Å²) in [7, 11) is 3.53. The predicted octanol–water partition coefficient (Wildman–Crippen LogP) is 3.24. The maximum absolute atomic E-state index is 13.4. The maximum Gasteiger partial charge on any atom is 0.233 e. The Morgan fingerprint density at radius 3 is 2.48 bits per heavy atom. The molecule has 134 valence electrons. The van der Waals surface area contributed by atoms with Crippen molar-refractivity contribution >= 4 is 5.91 Å². The highest BCUT2D eigenvalue weighted by atomic mass is 16.5. The Kier molecular flexibility index (Phi) is 4.35. The van der Waals surface area contributed by atoms with Crippen LogP contribution in [0, 0.1) is 5.41 Å². The lowest BCUT2D eigenvalue weighted by Gasteiger charge is -2.27. The Hall–Kier alpha value is -2.30. The molecule has 1 amide bonds. The van der Waals surface area contributed by atoms with Crippen molar-refractivity contribution in [1.82, 2.24) is 14.5 Å². The molecule has 5 heteroatoms. The molecule has 0 N–H and O–H groups in total. The first-order chi connectivity index (χ1) is 11.9. The Balaban J connectivity index is 1.86. The van der Waals surface area contributed by atoms with Crippen LogP contribution in [0.5, 0.6) is 5.75 Å². The molecule has 1 atom stereocenters. The SMILES string of the molecule is CCn1ccnc1CN(C)C(=O)[C@]1(c2ccc(OC)cc2)CC1(C)C. The van der Waals surface area contributed by atoms with Crippen molar-refractivity contribution < 1.29 is 9.53 Å². The van der Waals surface area contributed by atoms with E-state index in [1.807, 2.05) is 42.4 Å². The van der Waals surface area contributed by atoms with E-state index in [4.69, 9.17) is 4.74 Å². The van der Waals surface area contributed by atoms with Crippen LogP contribution in [0.15, 0.2) is 36.7 Å². The van der Waals surface area contributed by atoms with Gasteiger partial charge in [0.25, 0.3) is 0 Å². The van der Waals surface area contributed by atoms with Crippen LogP contribution in [0.25, 0.3) is 0 Å². The summed E-state index contributed by atoms with van der Waals surface area (Å²) < 4.78 is 7.32. The molecule has 1 fully saturated rings. The first-order valence-corrected chi connectivity index (χ1v) is 8.76. The smallest absolute Gasteiger partial charge is 0.233 e. The van der Waals surface area contributed by atoms with Crippen LogP contribution in [0.4, 0.5) is 0 Å². The summed E-state index contributed by atoms with van der Waals surface area (Å²) in [6.07, 6.45) is 4.60. The van der Waals surface area contributed by atoms with Gasteiger partial charge in [0.05, 0.1) is 19.1 Å². The first-order valence-electron chi connectivity index (χ1n) is 8.76. The average molecular weight is 341 g/mol. The third-order valence-electron chi connectivity index (χ3n) is 5.55. The minimum absolute atomic E-state index is 0.0485. The maximum atomic E-state index is 13.4. The van der Waals surface area contributed by atoms with Gasteiger partial charge in [0, 0.05) is 26.0 Å². The standard InChI is InChI=1S/C20H27N3O2/c1-6-23-12-11-21-17(23)13-22(4)18(24)20(14-19(20,2)3)15-7-9-16(25-5)10-8-15/h7-12H,6,13-14H2,1-5H3/t20-/m1/s1. The highest BCUT2D eigenvalue weighted by Gasteiger charge is 2.67. The Morgan fingerprint density at radius 1 is 1.32 bits per heavy atom. The van der Waals surface area contributed by atoms with Crippen molar-refractivity contribution in [3.63, 3.8) is 0 Å². The number of likely N-dealkylation sites (N-methyl/N-ethyl adjacent to an activating group) is 1. The summed E-state index contributed by atoms with van der Waals surface area (Å²) in [5.41, 5.74) is 0.555. The summed E-state index contributed by atoms with van der Waals surface area (Å²) in [5, 5.41) is 0. The molecular weight excluding hydrogens is 314 g/mol. The second-order valence-electron chi connectivity index (χ2n) is 7.49. The van der Waals surface area contributed by atoms with E-state index in [1.54, 1.807) is 13.3 Å². The van der Waals surface area contributed by atoms with Crippen molar-refractivity contribution in [3.8, 4) is 5.75 Å². The molecule has 1 aromatic carbocycles. The fraction of sp³-hybridized carbons (Fsp3) is 0.500. The van der Waals surface area contributed by atoms with Crippen LogP contribution in [0.1, 0.15) is 38.6 Å². The van der Waals surface area contributed by atoms with Crippen molar-refractivity contribution in [2.75, 3.05) is 14.2 Å². The number of amides is 1. The second kappa shape index (κ2) is 6.21. The lowest BCUT2D eigenvalue weighted by molar-refractivity contribution is -0.134. The van der Waals surface area contributed by atoms with Crippen molar-refractivity contribution in [3.05, 3.63) is 48.0 Å². The summed E-state index contributed by atoms with van der Waals surface area (Å²) >= 11 is 0. The zero-order valence-corrected chi connectivity index (χ0v) is 15.7. The van der Waals surface area contributed by atoms with Gasteiger partial charge in [0.2, 0.25) is 5.91 Å². The zero-order valence-electron chi connectivity index (χ0n) is 15.7. The predicted molar refractivity (Wildman–Crippen MR) is 97.4 cm³/mol. The molecule has 25 heavy (non-hydrogen) atoms. The minimum Gasteiger partial charge on any atom is -0.497 e. The molecule has 0 radical (unpaired) electrons. The van der Waals surface area contributed by atoms with Gasteiger partial charge in [0.1, 0.15) is 11.6 Å². The third-order valence-corrected chi connectivity index (χ3v) is 5.55. The van der Waals surface area contributed by atoms with Crippen LogP contribution < -0.4 is 4.74 Å². The van der Waals surface area contributed by atoms with Crippen LogP contribution in [0.2, 0.25) is 0 Å². The van der Waals surface area contributed by atoms with Crippen LogP contribution in [-0.4, -0.2) is 34.5 Å². The summed E-state index contributed by atoms with van der Waals surface area (Å²) in [6.45, 7) is 7.78. The van der Waals surface area contributed by atoms with E-state index in [-0.39, 0.29) is 11.3 Å². The Morgan fingerprint density at radius 2 is 1.96 bits per heavy atom. The Bertz CT molecular complexity index is 764. The average Bonchev–Trinajstić information content (AvgIpc) is 2.95. The van der Waals surface area contributed by atoms with Gasteiger partial charge in [-0.25, -0.2) is 4.98 Å². The monoisotopic (exact) mass is 341 g/mol. The van der Waals surface area contributed by atoms with E-state index in [9.17, 15) is 4.79 Å². The molecule has 0 saturated heterocycles. The normalized spacial score (nSPS) is 21.0. The van der Waals surface area contributed by atoms with E-state index in [0.717, 1.165) is 30.1 Å². The van der Waals surface area contributed by atoms with Crippen LogP contribution >= 0.6 is 0 Å². The number of hydrogen-bond acceptors (Lipinski definition) is 3. The number of ether oxygens (including phenoxy) is 1. The van der Waals surface area contributed by atoms with Gasteiger partial charge in [-0.2, -0.15) is 0 Å². The molecule has 1 aliphatic carbocycles. The molecule has 5 nitrogen and oxygen atoms in total. The van der Waals surface area contributed by atoms with E-state index < -0.39 is 5.41 Å². The topological polar surface area (TPSA) is 47.4 Å². The molecule has 1 saturated carbocycles. The number of methoxy groups -OCH3 is 1. The lowest BCUT2D eigenvalue weighted by Crippen LogP contribution is -2.39. The number of hydrogen-bond donors (Lipinski definition) is 0. The number of rotatable bonds is 6. The molecule has 0 aliphatic heterocycles. The van der Waals surface area contributed by atoms with Crippen LogP contribution in [-0.2, 0) is 23.3 Å². The fourth-order valence-electron chi connectivity index (χ4n) is 3.86. The molecular formula is C20H27N3O2. The fourth-order valence-corrected chi connectivity index (χ4v) is 3.86.